The van der Waals surface area contributed by atoms with E-state index in [0.717, 1.165) is 0 Å². The number of esters is 3. The first-order valence-corrected chi connectivity index (χ1v) is 9.65. The highest BCUT2D eigenvalue weighted by molar-refractivity contribution is 6.04. The molecule has 0 bridgehead atoms. The van der Waals surface area contributed by atoms with Crippen molar-refractivity contribution in [3.63, 3.8) is 0 Å². The van der Waals surface area contributed by atoms with Crippen molar-refractivity contribution in [3.8, 4) is 11.3 Å². The van der Waals surface area contributed by atoms with E-state index in [9.17, 15) is 19.2 Å². The van der Waals surface area contributed by atoms with Gasteiger partial charge in [0.2, 0.25) is 0 Å². The van der Waals surface area contributed by atoms with E-state index in [2.05, 4.69) is 15.2 Å². The molecule has 10 nitrogen and oxygen atoms in total. The number of aromatic nitrogens is 1. The predicted molar refractivity (Wildman–Crippen MR) is 115 cm³/mol. The minimum Gasteiger partial charge on any atom is -0.465 e. The molecule has 1 amide bonds. The standard InChI is InChI=1S/C23H20N2O8/c1-13-19(20(25-33-13)14-7-5-4-6-8-14)23(29)32-12-18(26)24-17-11-15(21(27)30-2)9-10-16(17)22(28)31-3/h4-11H,12H2,1-3H3,(H,24,26). The topological polar surface area (TPSA) is 134 Å². The Labute approximate surface area is 188 Å². The van der Waals surface area contributed by atoms with E-state index in [0.29, 0.717) is 5.56 Å². The normalized spacial score (nSPS) is 10.3. The van der Waals surface area contributed by atoms with Crippen LogP contribution < -0.4 is 5.32 Å². The number of aryl methyl sites for hydroxylation is 1. The Bertz CT molecular complexity index is 1200. The molecule has 10 heteroatoms. The van der Waals surface area contributed by atoms with Gasteiger partial charge in [0.1, 0.15) is 17.0 Å². The van der Waals surface area contributed by atoms with Crippen LogP contribution in [0.2, 0.25) is 0 Å². The van der Waals surface area contributed by atoms with Gasteiger partial charge in [0.05, 0.1) is 31.0 Å². The molecular formula is C23H20N2O8. The highest BCUT2D eigenvalue weighted by Gasteiger charge is 2.24. The second-order valence-electron chi connectivity index (χ2n) is 6.70. The summed E-state index contributed by atoms with van der Waals surface area (Å²) in [5.74, 6) is -2.71. The molecule has 2 aromatic carbocycles. The minimum absolute atomic E-state index is 0.00284. The fourth-order valence-corrected chi connectivity index (χ4v) is 2.98. The number of carbonyl (C=O) groups excluding carboxylic acids is 4. The quantitative estimate of drug-likeness (QED) is 0.424. The predicted octanol–water partition coefficient (Wildman–Crippen LogP) is 3.02. The van der Waals surface area contributed by atoms with Crippen LogP contribution in [0.25, 0.3) is 11.3 Å². The van der Waals surface area contributed by atoms with E-state index in [4.69, 9.17) is 14.0 Å². The van der Waals surface area contributed by atoms with Gasteiger partial charge >= 0.3 is 17.9 Å². The SMILES string of the molecule is COC(=O)c1ccc(C(=O)OC)c(NC(=O)COC(=O)c2c(-c3ccccc3)noc2C)c1. The summed E-state index contributed by atoms with van der Waals surface area (Å²) in [6.45, 7) is 0.887. The second-order valence-corrected chi connectivity index (χ2v) is 6.70. The Morgan fingerprint density at radius 1 is 0.939 bits per heavy atom. The van der Waals surface area contributed by atoms with Gasteiger partial charge in [-0.25, -0.2) is 14.4 Å². The lowest BCUT2D eigenvalue weighted by Crippen LogP contribution is -2.23. The van der Waals surface area contributed by atoms with E-state index in [1.165, 1.54) is 32.4 Å². The van der Waals surface area contributed by atoms with E-state index in [1.54, 1.807) is 31.2 Å². The van der Waals surface area contributed by atoms with Crippen molar-refractivity contribution in [1.29, 1.82) is 0 Å². The Hall–Kier alpha value is -4.47. The molecule has 0 aliphatic heterocycles. The molecule has 1 heterocycles. The lowest BCUT2D eigenvalue weighted by molar-refractivity contribution is -0.119. The van der Waals surface area contributed by atoms with Crippen molar-refractivity contribution in [3.05, 3.63) is 71.0 Å². The maximum atomic E-state index is 12.6. The summed E-state index contributed by atoms with van der Waals surface area (Å²) in [5, 5.41) is 6.35. The largest absolute Gasteiger partial charge is 0.465 e. The monoisotopic (exact) mass is 452 g/mol. The highest BCUT2D eigenvalue weighted by atomic mass is 16.5. The number of amides is 1. The van der Waals surface area contributed by atoms with Crippen LogP contribution in [-0.4, -0.2) is 49.8 Å². The maximum absolute atomic E-state index is 12.6. The van der Waals surface area contributed by atoms with E-state index < -0.39 is 30.4 Å². The molecule has 0 radical (unpaired) electrons. The summed E-state index contributed by atoms with van der Waals surface area (Å²) >= 11 is 0. The Kier molecular flexibility index (Phi) is 7.19. The Morgan fingerprint density at radius 2 is 1.64 bits per heavy atom. The van der Waals surface area contributed by atoms with Gasteiger partial charge in [-0.15, -0.1) is 0 Å². The van der Waals surface area contributed by atoms with Crippen molar-refractivity contribution in [2.75, 3.05) is 26.1 Å². The van der Waals surface area contributed by atoms with Gasteiger partial charge < -0.3 is 24.1 Å². The van der Waals surface area contributed by atoms with Gasteiger partial charge in [0.25, 0.3) is 5.91 Å². The van der Waals surface area contributed by atoms with Gasteiger partial charge in [0, 0.05) is 5.56 Å². The number of benzene rings is 2. The lowest BCUT2D eigenvalue weighted by atomic mass is 10.1. The van der Waals surface area contributed by atoms with Gasteiger partial charge in [-0.2, -0.15) is 0 Å². The van der Waals surface area contributed by atoms with Crippen LogP contribution in [0.15, 0.2) is 53.1 Å². The highest BCUT2D eigenvalue weighted by Crippen LogP contribution is 2.26. The van der Waals surface area contributed by atoms with Crippen molar-refractivity contribution in [1.82, 2.24) is 5.16 Å². The number of hydrogen-bond donors (Lipinski definition) is 1. The molecule has 33 heavy (non-hydrogen) atoms. The number of hydrogen-bond acceptors (Lipinski definition) is 9. The summed E-state index contributed by atoms with van der Waals surface area (Å²) in [6.07, 6.45) is 0. The summed E-state index contributed by atoms with van der Waals surface area (Å²) in [5.41, 5.74) is 1.13. The van der Waals surface area contributed by atoms with Crippen molar-refractivity contribution < 1.29 is 37.9 Å². The smallest absolute Gasteiger partial charge is 0.344 e. The number of nitrogens with one attached hydrogen (secondary N) is 1. The Morgan fingerprint density at radius 3 is 2.30 bits per heavy atom. The first kappa shape index (κ1) is 23.2. The molecule has 0 atom stereocenters. The molecule has 3 rings (SSSR count). The molecule has 0 unspecified atom stereocenters. The molecule has 0 saturated carbocycles. The fourth-order valence-electron chi connectivity index (χ4n) is 2.98. The lowest BCUT2D eigenvalue weighted by Gasteiger charge is -2.12. The van der Waals surface area contributed by atoms with E-state index >= 15 is 0 Å². The summed E-state index contributed by atoms with van der Waals surface area (Å²) in [4.78, 5) is 48.9. The number of rotatable bonds is 7. The molecular weight excluding hydrogens is 432 g/mol. The van der Waals surface area contributed by atoms with Crippen molar-refractivity contribution in [2.24, 2.45) is 0 Å². The molecule has 0 saturated heterocycles. The number of nitrogens with zero attached hydrogens (tertiary/aromatic N) is 1. The van der Waals surface area contributed by atoms with Crippen LogP contribution >= 0.6 is 0 Å². The number of carbonyl (C=O) groups is 4. The summed E-state index contributed by atoms with van der Waals surface area (Å²) in [6, 6.07) is 12.8. The van der Waals surface area contributed by atoms with Crippen LogP contribution in [0.5, 0.6) is 0 Å². The van der Waals surface area contributed by atoms with Crippen LogP contribution in [-0.2, 0) is 19.0 Å². The fraction of sp³-hybridized carbons (Fsp3) is 0.174. The average Bonchev–Trinajstić information content (AvgIpc) is 3.23. The average molecular weight is 452 g/mol. The summed E-state index contributed by atoms with van der Waals surface area (Å²) < 4.78 is 19.6. The molecule has 1 aromatic heterocycles. The third-order valence-electron chi connectivity index (χ3n) is 4.57. The number of ether oxygens (including phenoxy) is 3. The molecule has 0 aliphatic carbocycles. The molecule has 0 fully saturated rings. The number of methoxy groups -OCH3 is 2. The Balaban J connectivity index is 1.75. The minimum atomic E-state index is -0.806. The third kappa shape index (κ3) is 5.24. The van der Waals surface area contributed by atoms with Gasteiger partial charge in [-0.3, -0.25) is 4.79 Å². The van der Waals surface area contributed by atoms with Crippen molar-refractivity contribution in [2.45, 2.75) is 6.92 Å². The molecule has 170 valence electrons. The second kappa shape index (κ2) is 10.2. The van der Waals surface area contributed by atoms with Crippen molar-refractivity contribution >= 4 is 29.5 Å². The van der Waals surface area contributed by atoms with Crippen LogP contribution in [0, 0.1) is 6.92 Å². The first-order chi connectivity index (χ1) is 15.8. The van der Waals surface area contributed by atoms with E-state index in [-0.39, 0.29) is 33.8 Å². The third-order valence-corrected chi connectivity index (χ3v) is 4.57. The molecule has 1 N–H and O–H groups in total. The van der Waals surface area contributed by atoms with Gasteiger partial charge in [-0.05, 0) is 25.1 Å². The molecule has 3 aromatic rings. The number of anilines is 1. The van der Waals surface area contributed by atoms with E-state index in [1.807, 2.05) is 6.07 Å². The van der Waals surface area contributed by atoms with Crippen LogP contribution in [0.4, 0.5) is 5.69 Å². The van der Waals surface area contributed by atoms with Gasteiger partial charge in [0.15, 0.2) is 6.61 Å². The molecule has 0 spiro atoms. The molecule has 0 aliphatic rings. The van der Waals surface area contributed by atoms with Crippen LogP contribution in [0.1, 0.15) is 36.8 Å². The zero-order valence-electron chi connectivity index (χ0n) is 18.0. The van der Waals surface area contributed by atoms with Crippen LogP contribution in [0.3, 0.4) is 0 Å². The zero-order chi connectivity index (χ0) is 24.0. The maximum Gasteiger partial charge on any atom is 0.344 e. The zero-order valence-corrected chi connectivity index (χ0v) is 18.0. The first-order valence-electron chi connectivity index (χ1n) is 9.65. The van der Waals surface area contributed by atoms with Gasteiger partial charge in [-0.1, -0.05) is 35.5 Å². The summed E-state index contributed by atoms with van der Waals surface area (Å²) in [7, 11) is 2.38.